The Balaban J connectivity index is 1.76. The summed E-state index contributed by atoms with van der Waals surface area (Å²) in [6.45, 7) is 5.58. The molecule has 2 amide bonds. The molecule has 1 saturated heterocycles. The van der Waals surface area contributed by atoms with Gasteiger partial charge in [-0.05, 0) is 51.4 Å². The van der Waals surface area contributed by atoms with Gasteiger partial charge >= 0.3 is 6.09 Å². The van der Waals surface area contributed by atoms with Gasteiger partial charge in [0.1, 0.15) is 5.82 Å². The SMILES string of the molecule is CCOC(=O)N1CCC(NC(=O)CN(C)[C@H](C)c2ccc(F)cc2)CC1. The van der Waals surface area contributed by atoms with E-state index in [1.54, 1.807) is 24.0 Å². The second-order valence-corrected chi connectivity index (χ2v) is 6.67. The molecule has 0 aromatic heterocycles. The van der Waals surface area contributed by atoms with Gasteiger partial charge in [0, 0.05) is 25.2 Å². The molecule has 6 nitrogen and oxygen atoms in total. The summed E-state index contributed by atoms with van der Waals surface area (Å²) in [4.78, 5) is 27.6. The number of hydrogen-bond donors (Lipinski definition) is 1. The zero-order chi connectivity index (χ0) is 19.1. The van der Waals surface area contributed by atoms with Crippen LogP contribution in [0.4, 0.5) is 9.18 Å². The lowest BCUT2D eigenvalue weighted by Gasteiger charge is -2.32. The number of rotatable bonds is 6. The van der Waals surface area contributed by atoms with Crippen LogP contribution in [-0.4, -0.2) is 61.1 Å². The first-order valence-corrected chi connectivity index (χ1v) is 9.07. The van der Waals surface area contributed by atoms with Gasteiger partial charge < -0.3 is 15.0 Å². The molecule has 7 heteroatoms. The summed E-state index contributed by atoms with van der Waals surface area (Å²) in [7, 11) is 1.87. The Kier molecular flexibility index (Phi) is 7.38. The molecule has 1 aromatic carbocycles. The van der Waals surface area contributed by atoms with Gasteiger partial charge in [-0.1, -0.05) is 12.1 Å². The van der Waals surface area contributed by atoms with E-state index in [9.17, 15) is 14.0 Å². The van der Waals surface area contributed by atoms with E-state index < -0.39 is 0 Å². The molecule has 144 valence electrons. The number of nitrogens with zero attached hydrogens (tertiary/aromatic N) is 2. The minimum atomic E-state index is -0.287. The van der Waals surface area contributed by atoms with Crippen molar-refractivity contribution in [3.63, 3.8) is 0 Å². The molecular formula is C19H28FN3O3. The van der Waals surface area contributed by atoms with Crippen LogP contribution in [0.15, 0.2) is 24.3 Å². The van der Waals surface area contributed by atoms with Crippen molar-refractivity contribution in [1.82, 2.24) is 15.1 Å². The molecular weight excluding hydrogens is 337 g/mol. The van der Waals surface area contributed by atoms with Crippen LogP contribution < -0.4 is 5.32 Å². The molecule has 0 aliphatic carbocycles. The highest BCUT2D eigenvalue weighted by molar-refractivity contribution is 5.78. The van der Waals surface area contributed by atoms with Crippen molar-refractivity contribution in [1.29, 1.82) is 0 Å². The Hall–Kier alpha value is -2.15. The molecule has 0 spiro atoms. The number of carbonyl (C=O) groups is 2. The first-order valence-electron chi connectivity index (χ1n) is 9.07. The molecule has 26 heavy (non-hydrogen) atoms. The monoisotopic (exact) mass is 365 g/mol. The third-order valence-corrected chi connectivity index (χ3v) is 4.79. The molecule has 0 saturated carbocycles. The third kappa shape index (κ3) is 5.69. The molecule has 2 rings (SSSR count). The fourth-order valence-corrected chi connectivity index (χ4v) is 3.05. The number of carbonyl (C=O) groups excluding carboxylic acids is 2. The number of likely N-dealkylation sites (N-methyl/N-ethyl adjacent to an activating group) is 1. The summed E-state index contributed by atoms with van der Waals surface area (Å²) < 4.78 is 18.0. The Morgan fingerprint density at radius 1 is 1.31 bits per heavy atom. The van der Waals surface area contributed by atoms with Crippen molar-refractivity contribution >= 4 is 12.0 Å². The molecule has 0 bridgehead atoms. The number of ether oxygens (including phenoxy) is 1. The second kappa shape index (κ2) is 9.52. The van der Waals surface area contributed by atoms with Gasteiger partial charge in [-0.25, -0.2) is 9.18 Å². The van der Waals surface area contributed by atoms with Gasteiger partial charge in [0.05, 0.1) is 13.2 Å². The molecule has 1 N–H and O–H groups in total. The first kappa shape index (κ1) is 20.2. The fourth-order valence-electron chi connectivity index (χ4n) is 3.05. The molecule has 1 atom stereocenters. The number of benzene rings is 1. The van der Waals surface area contributed by atoms with Crippen molar-refractivity contribution in [3.8, 4) is 0 Å². The van der Waals surface area contributed by atoms with Crippen molar-refractivity contribution in [3.05, 3.63) is 35.6 Å². The molecule has 1 aromatic rings. The quantitative estimate of drug-likeness (QED) is 0.842. The summed E-state index contributed by atoms with van der Waals surface area (Å²) in [5, 5.41) is 3.04. The predicted octanol–water partition coefficient (Wildman–Crippen LogP) is 2.56. The van der Waals surface area contributed by atoms with Gasteiger partial charge in [-0.2, -0.15) is 0 Å². The smallest absolute Gasteiger partial charge is 0.409 e. The van der Waals surface area contributed by atoms with Crippen LogP contribution in [0.3, 0.4) is 0 Å². The van der Waals surface area contributed by atoms with E-state index in [0.29, 0.717) is 19.7 Å². The van der Waals surface area contributed by atoms with Crippen LogP contribution in [0.25, 0.3) is 0 Å². The zero-order valence-corrected chi connectivity index (χ0v) is 15.7. The minimum absolute atomic E-state index is 0.00649. The Bertz CT molecular complexity index is 601. The molecule has 0 radical (unpaired) electrons. The van der Waals surface area contributed by atoms with Crippen molar-refractivity contribution in [2.24, 2.45) is 0 Å². The van der Waals surface area contributed by atoms with E-state index in [1.807, 2.05) is 18.9 Å². The van der Waals surface area contributed by atoms with E-state index in [-0.39, 0.29) is 36.4 Å². The van der Waals surface area contributed by atoms with Crippen molar-refractivity contribution < 1.29 is 18.7 Å². The zero-order valence-electron chi connectivity index (χ0n) is 15.7. The van der Waals surface area contributed by atoms with Gasteiger partial charge in [-0.3, -0.25) is 9.69 Å². The Labute approximate surface area is 154 Å². The van der Waals surface area contributed by atoms with Crippen LogP contribution in [0, 0.1) is 5.82 Å². The van der Waals surface area contributed by atoms with Crippen LogP contribution in [0.2, 0.25) is 0 Å². The Morgan fingerprint density at radius 3 is 2.50 bits per heavy atom. The van der Waals surface area contributed by atoms with E-state index in [1.165, 1.54) is 12.1 Å². The molecule has 1 heterocycles. The maximum atomic E-state index is 13.0. The number of piperidine rings is 1. The minimum Gasteiger partial charge on any atom is -0.450 e. The van der Waals surface area contributed by atoms with Gasteiger partial charge in [0.25, 0.3) is 0 Å². The lowest BCUT2D eigenvalue weighted by molar-refractivity contribution is -0.123. The highest BCUT2D eigenvalue weighted by Crippen LogP contribution is 2.19. The lowest BCUT2D eigenvalue weighted by atomic mass is 10.1. The summed E-state index contributed by atoms with van der Waals surface area (Å²) in [6.07, 6.45) is 1.16. The molecule has 1 aliphatic heterocycles. The average molecular weight is 365 g/mol. The molecule has 0 unspecified atom stereocenters. The normalized spacial score (nSPS) is 16.4. The van der Waals surface area contributed by atoms with Crippen molar-refractivity contribution in [2.75, 3.05) is 33.3 Å². The number of hydrogen-bond acceptors (Lipinski definition) is 4. The van der Waals surface area contributed by atoms with Crippen LogP contribution >= 0.6 is 0 Å². The van der Waals surface area contributed by atoms with E-state index >= 15 is 0 Å². The number of halogens is 1. The lowest BCUT2D eigenvalue weighted by Crippen LogP contribution is -2.48. The largest absolute Gasteiger partial charge is 0.450 e. The maximum Gasteiger partial charge on any atom is 0.409 e. The summed E-state index contributed by atoms with van der Waals surface area (Å²) in [5.74, 6) is -0.313. The van der Waals surface area contributed by atoms with Gasteiger partial charge in [-0.15, -0.1) is 0 Å². The Morgan fingerprint density at radius 2 is 1.92 bits per heavy atom. The highest BCUT2D eigenvalue weighted by Gasteiger charge is 2.25. The van der Waals surface area contributed by atoms with E-state index in [4.69, 9.17) is 4.74 Å². The van der Waals surface area contributed by atoms with E-state index in [2.05, 4.69) is 5.32 Å². The molecule has 1 fully saturated rings. The summed E-state index contributed by atoms with van der Waals surface area (Å²) in [6, 6.07) is 6.40. The van der Waals surface area contributed by atoms with Crippen LogP contribution in [0.5, 0.6) is 0 Å². The second-order valence-electron chi connectivity index (χ2n) is 6.67. The number of nitrogens with one attached hydrogen (secondary N) is 1. The summed E-state index contributed by atoms with van der Waals surface area (Å²) in [5.41, 5.74) is 0.962. The predicted molar refractivity (Wildman–Crippen MR) is 97.2 cm³/mol. The number of likely N-dealkylation sites (tertiary alicyclic amines) is 1. The average Bonchev–Trinajstić information content (AvgIpc) is 2.62. The number of amides is 2. The molecule has 1 aliphatic rings. The van der Waals surface area contributed by atoms with Crippen LogP contribution in [-0.2, 0) is 9.53 Å². The topological polar surface area (TPSA) is 61.9 Å². The van der Waals surface area contributed by atoms with Crippen LogP contribution in [0.1, 0.15) is 38.3 Å². The maximum absolute atomic E-state index is 13.0. The first-order chi connectivity index (χ1) is 12.4. The van der Waals surface area contributed by atoms with Gasteiger partial charge in [0.2, 0.25) is 5.91 Å². The van der Waals surface area contributed by atoms with E-state index in [0.717, 1.165) is 18.4 Å². The fraction of sp³-hybridized carbons (Fsp3) is 0.579. The highest BCUT2D eigenvalue weighted by atomic mass is 19.1. The van der Waals surface area contributed by atoms with Gasteiger partial charge in [0.15, 0.2) is 0 Å². The summed E-state index contributed by atoms with van der Waals surface area (Å²) >= 11 is 0. The standard InChI is InChI=1S/C19H28FN3O3/c1-4-26-19(25)23-11-9-17(10-12-23)21-18(24)13-22(3)14(2)15-5-7-16(20)8-6-15/h5-8,14,17H,4,9-13H2,1-3H3,(H,21,24)/t14-/m1/s1. The van der Waals surface area contributed by atoms with Crippen molar-refractivity contribution in [2.45, 2.75) is 38.8 Å². The third-order valence-electron chi connectivity index (χ3n) is 4.79.